The lowest BCUT2D eigenvalue weighted by atomic mass is 9.93. The molecule has 0 spiro atoms. The summed E-state index contributed by atoms with van der Waals surface area (Å²) in [5.41, 5.74) is 1.88. The van der Waals surface area contributed by atoms with Crippen LogP contribution in [0.15, 0.2) is 51.6 Å². The van der Waals surface area contributed by atoms with E-state index in [1.54, 1.807) is 32.0 Å². The van der Waals surface area contributed by atoms with Gasteiger partial charge in [-0.15, -0.1) is 0 Å². The molecule has 6 nitrogen and oxygen atoms in total. The fraction of sp³-hybridized carbons (Fsp3) is 0.458. The first-order valence-electron chi connectivity index (χ1n) is 11.0. The largest absolute Gasteiger partial charge is 0.463 e. The average Bonchev–Trinajstić information content (AvgIpc) is 3.15. The van der Waals surface area contributed by atoms with Gasteiger partial charge in [-0.3, -0.25) is 4.79 Å². The fourth-order valence-corrected chi connectivity index (χ4v) is 5.32. The second kappa shape index (κ2) is 9.48. The predicted octanol–water partition coefficient (Wildman–Crippen LogP) is 4.61. The van der Waals surface area contributed by atoms with Crippen molar-refractivity contribution in [3.63, 3.8) is 0 Å². The van der Waals surface area contributed by atoms with Crippen LogP contribution in [0.5, 0.6) is 0 Å². The molecular weight excluding hydrogens is 429 g/mol. The molecule has 0 radical (unpaired) electrons. The maximum atomic E-state index is 15.0. The molecule has 1 amide bonds. The average molecular weight is 458 g/mol. The Labute approximate surface area is 192 Å². The van der Waals surface area contributed by atoms with Gasteiger partial charge >= 0.3 is 5.97 Å². The summed E-state index contributed by atoms with van der Waals surface area (Å²) >= 11 is 1.39. The zero-order valence-electron chi connectivity index (χ0n) is 18.6. The number of thioether (sulfide) groups is 1. The van der Waals surface area contributed by atoms with E-state index < -0.39 is 17.8 Å². The van der Waals surface area contributed by atoms with E-state index in [-0.39, 0.29) is 18.9 Å². The maximum Gasteiger partial charge on any atom is 0.338 e. The van der Waals surface area contributed by atoms with Crippen LogP contribution in [0.3, 0.4) is 0 Å². The number of amides is 1. The Morgan fingerprint density at radius 1 is 1.25 bits per heavy atom. The predicted molar refractivity (Wildman–Crippen MR) is 123 cm³/mol. The minimum Gasteiger partial charge on any atom is -0.463 e. The molecule has 1 aromatic carbocycles. The molecule has 1 aromatic rings. The highest BCUT2D eigenvalue weighted by Gasteiger charge is 2.42. The highest BCUT2D eigenvalue weighted by molar-refractivity contribution is 8.16. The summed E-state index contributed by atoms with van der Waals surface area (Å²) in [7, 11) is 0. The number of ether oxygens (including phenoxy) is 1. The highest BCUT2D eigenvalue weighted by atomic mass is 32.2. The molecule has 4 rings (SSSR count). The van der Waals surface area contributed by atoms with Gasteiger partial charge in [0.05, 0.1) is 30.3 Å². The van der Waals surface area contributed by atoms with Crippen molar-refractivity contribution in [2.45, 2.75) is 46.1 Å². The third-order valence-electron chi connectivity index (χ3n) is 6.16. The van der Waals surface area contributed by atoms with Crippen molar-refractivity contribution in [1.29, 1.82) is 0 Å². The standard InChI is InChI=1S/C24H28FN3O3S/c1-4-31-23(30)21-16(3)26-24-28(22(21)18-7-5-6-8-19(18)25)17(14-32-24)13-20(29)27-11-9-15(2)10-12-27/h5-8,14-15,22H,4,9-13H2,1-3H3. The van der Waals surface area contributed by atoms with E-state index in [2.05, 4.69) is 11.9 Å². The number of likely N-dealkylation sites (tertiary alicyclic amines) is 1. The first kappa shape index (κ1) is 22.6. The van der Waals surface area contributed by atoms with Crippen LogP contribution < -0.4 is 0 Å². The van der Waals surface area contributed by atoms with E-state index in [0.717, 1.165) is 31.6 Å². The van der Waals surface area contributed by atoms with Gasteiger partial charge in [-0.25, -0.2) is 14.2 Å². The van der Waals surface area contributed by atoms with Crippen molar-refractivity contribution in [2.24, 2.45) is 10.9 Å². The number of fused-ring (bicyclic) bond motifs is 1. The Bertz CT molecular complexity index is 1010. The van der Waals surface area contributed by atoms with Gasteiger partial charge in [0.2, 0.25) is 5.91 Å². The second-order valence-electron chi connectivity index (χ2n) is 8.38. The van der Waals surface area contributed by atoms with Crippen LogP contribution in [0.2, 0.25) is 0 Å². The molecule has 8 heteroatoms. The zero-order chi connectivity index (χ0) is 22.8. The molecule has 1 atom stereocenters. The molecule has 1 saturated heterocycles. The number of halogens is 1. The number of esters is 1. The van der Waals surface area contributed by atoms with Gasteiger partial charge in [-0.1, -0.05) is 36.9 Å². The number of hydrogen-bond donors (Lipinski definition) is 0. The Kier molecular flexibility index (Phi) is 6.69. The summed E-state index contributed by atoms with van der Waals surface area (Å²) in [4.78, 5) is 34.3. The Morgan fingerprint density at radius 2 is 1.97 bits per heavy atom. The van der Waals surface area contributed by atoms with Gasteiger partial charge in [-0.2, -0.15) is 0 Å². The van der Waals surface area contributed by atoms with E-state index >= 15 is 0 Å². The number of aliphatic imine (C=N–C) groups is 1. The summed E-state index contributed by atoms with van der Waals surface area (Å²) in [5.74, 6) is -0.261. The van der Waals surface area contributed by atoms with Crippen molar-refractivity contribution >= 4 is 28.8 Å². The quantitative estimate of drug-likeness (QED) is 0.604. The molecule has 0 aromatic heterocycles. The molecule has 32 heavy (non-hydrogen) atoms. The molecule has 0 bridgehead atoms. The van der Waals surface area contributed by atoms with Gasteiger partial charge in [0, 0.05) is 24.4 Å². The summed E-state index contributed by atoms with van der Waals surface area (Å²) < 4.78 is 20.3. The van der Waals surface area contributed by atoms with Crippen molar-refractivity contribution in [1.82, 2.24) is 9.80 Å². The van der Waals surface area contributed by atoms with Gasteiger partial charge in [0.15, 0.2) is 5.17 Å². The van der Waals surface area contributed by atoms with Gasteiger partial charge in [0.1, 0.15) is 5.82 Å². The molecule has 1 fully saturated rings. The molecule has 3 aliphatic heterocycles. The van der Waals surface area contributed by atoms with Crippen LogP contribution in [0.25, 0.3) is 0 Å². The number of amidine groups is 1. The molecule has 0 aliphatic carbocycles. The number of nitrogens with zero attached hydrogens (tertiary/aromatic N) is 3. The van der Waals surface area contributed by atoms with Crippen LogP contribution in [-0.4, -0.2) is 46.5 Å². The number of hydrogen-bond acceptors (Lipinski definition) is 6. The molecule has 0 saturated carbocycles. The number of allylic oxidation sites excluding steroid dienone is 1. The van der Waals surface area contributed by atoms with Crippen LogP contribution in [0, 0.1) is 11.7 Å². The molecular formula is C24H28FN3O3S. The zero-order valence-corrected chi connectivity index (χ0v) is 19.5. The van der Waals surface area contributed by atoms with Crippen molar-refractivity contribution < 1.29 is 18.7 Å². The highest BCUT2D eigenvalue weighted by Crippen LogP contribution is 2.45. The van der Waals surface area contributed by atoms with E-state index in [1.807, 2.05) is 15.2 Å². The van der Waals surface area contributed by atoms with Crippen LogP contribution in [-0.2, 0) is 14.3 Å². The topological polar surface area (TPSA) is 62.2 Å². The van der Waals surface area contributed by atoms with E-state index in [1.165, 1.54) is 17.8 Å². The lowest BCUT2D eigenvalue weighted by Crippen LogP contribution is -2.41. The van der Waals surface area contributed by atoms with Gasteiger partial charge < -0.3 is 14.5 Å². The van der Waals surface area contributed by atoms with Crippen LogP contribution in [0.4, 0.5) is 4.39 Å². The molecule has 0 N–H and O–H groups in total. The number of carbonyl (C=O) groups excluding carboxylic acids is 2. The number of rotatable bonds is 5. The van der Waals surface area contributed by atoms with Crippen molar-refractivity contribution in [3.8, 4) is 0 Å². The lowest BCUT2D eigenvalue weighted by molar-refractivity contribution is -0.139. The fourth-order valence-electron chi connectivity index (χ4n) is 4.36. The van der Waals surface area contributed by atoms with Crippen molar-refractivity contribution in [2.75, 3.05) is 19.7 Å². The third-order valence-corrected chi connectivity index (χ3v) is 7.05. The molecule has 170 valence electrons. The normalized spacial score (nSPS) is 21.3. The molecule has 1 unspecified atom stereocenters. The van der Waals surface area contributed by atoms with Crippen LogP contribution in [0.1, 0.15) is 51.6 Å². The minimum atomic E-state index is -0.738. The molecule has 3 aliphatic rings. The Morgan fingerprint density at radius 3 is 2.66 bits per heavy atom. The first-order chi connectivity index (χ1) is 15.4. The van der Waals surface area contributed by atoms with Crippen molar-refractivity contribution in [3.05, 3.63) is 58.0 Å². The first-order valence-corrected chi connectivity index (χ1v) is 11.9. The smallest absolute Gasteiger partial charge is 0.338 e. The van der Waals surface area contributed by atoms with Crippen LogP contribution >= 0.6 is 11.8 Å². The number of carbonyl (C=O) groups is 2. The maximum absolute atomic E-state index is 15.0. The monoisotopic (exact) mass is 457 g/mol. The summed E-state index contributed by atoms with van der Waals surface area (Å²) in [6.45, 7) is 7.40. The number of benzene rings is 1. The minimum absolute atomic E-state index is 0.0428. The second-order valence-corrected chi connectivity index (χ2v) is 9.21. The third kappa shape index (κ3) is 4.33. The Hall–Kier alpha value is -2.61. The van der Waals surface area contributed by atoms with E-state index in [0.29, 0.717) is 27.9 Å². The SMILES string of the molecule is CCOC(=O)C1=C(C)N=C2SC=C(CC(=O)N3CCC(C)CC3)N2C1c1ccccc1F. The summed E-state index contributed by atoms with van der Waals surface area (Å²) in [6, 6.07) is 5.68. The Balaban J connectivity index is 1.68. The van der Waals surface area contributed by atoms with Gasteiger partial charge in [0.25, 0.3) is 0 Å². The van der Waals surface area contributed by atoms with Gasteiger partial charge in [-0.05, 0) is 44.1 Å². The lowest BCUT2D eigenvalue weighted by Gasteiger charge is -2.37. The molecule has 3 heterocycles. The van der Waals surface area contributed by atoms with E-state index in [9.17, 15) is 14.0 Å². The van der Waals surface area contributed by atoms with E-state index in [4.69, 9.17) is 4.74 Å². The summed E-state index contributed by atoms with van der Waals surface area (Å²) in [5, 5.41) is 2.53. The number of piperidine rings is 1. The summed E-state index contributed by atoms with van der Waals surface area (Å²) in [6.07, 6.45) is 2.19.